The maximum atomic E-state index is 11.8. The van der Waals surface area contributed by atoms with Crippen molar-refractivity contribution in [2.75, 3.05) is 19.7 Å². The second-order valence-electron chi connectivity index (χ2n) is 5.42. The third-order valence-electron chi connectivity index (χ3n) is 3.68. The Bertz CT molecular complexity index is 438. The summed E-state index contributed by atoms with van der Waals surface area (Å²) in [6, 6.07) is 9.81. The third kappa shape index (κ3) is 5.12. The van der Waals surface area contributed by atoms with Crippen LogP contribution in [0.25, 0.3) is 0 Å². The molecule has 0 aromatic heterocycles. The van der Waals surface area contributed by atoms with E-state index in [2.05, 4.69) is 10.6 Å². The summed E-state index contributed by atoms with van der Waals surface area (Å²) in [6.45, 7) is 3.72. The fourth-order valence-corrected chi connectivity index (χ4v) is 2.40. The topological polar surface area (TPSA) is 70.6 Å². The second-order valence-corrected chi connectivity index (χ2v) is 5.42. The van der Waals surface area contributed by atoms with Gasteiger partial charge in [-0.2, -0.15) is 0 Å². The highest BCUT2D eigenvalue weighted by atomic mass is 16.5. The van der Waals surface area contributed by atoms with E-state index < -0.39 is 6.10 Å². The van der Waals surface area contributed by atoms with Gasteiger partial charge < -0.3 is 20.5 Å². The van der Waals surface area contributed by atoms with E-state index in [1.165, 1.54) is 0 Å². The Labute approximate surface area is 125 Å². The van der Waals surface area contributed by atoms with E-state index in [9.17, 15) is 9.90 Å². The lowest BCUT2D eigenvalue weighted by Crippen LogP contribution is -2.40. The van der Waals surface area contributed by atoms with Gasteiger partial charge in [0.1, 0.15) is 0 Å². The highest BCUT2D eigenvalue weighted by molar-refractivity contribution is 5.82. The number of aliphatic hydroxyl groups excluding tert-OH is 1. The largest absolute Gasteiger partial charge is 0.392 e. The number of ether oxygens (including phenoxy) is 1. The molecule has 1 aliphatic rings. The number of β-amino-alcohol motifs (C(OH)–C–C–N with tert-alkyl or cyclic N) is 1. The van der Waals surface area contributed by atoms with Crippen LogP contribution >= 0.6 is 0 Å². The van der Waals surface area contributed by atoms with Crippen molar-refractivity contribution in [1.82, 2.24) is 10.6 Å². The maximum Gasteiger partial charge on any atom is 0.237 e. The molecule has 0 unspecified atom stereocenters. The van der Waals surface area contributed by atoms with Gasteiger partial charge in [-0.15, -0.1) is 0 Å². The molecule has 3 N–H and O–H groups in total. The first-order chi connectivity index (χ1) is 10.2. The molecule has 0 aliphatic carbocycles. The molecule has 0 saturated carbocycles. The van der Waals surface area contributed by atoms with Crippen LogP contribution in [-0.4, -0.2) is 42.9 Å². The molecule has 116 valence electrons. The van der Waals surface area contributed by atoms with Crippen LogP contribution in [0.2, 0.25) is 0 Å². The molecular weight excluding hydrogens is 268 g/mol. The average molecular weight is 292 g/mol. The van der Waals surface area contributed by atoms with E-state index in [0.29, 0.717) is 26.1 Å². The van der Waals surface area contributed by atoms with Crippen molar-refractivity contribution in [3.63, 3.8) is 0 Å². The standard InChI is InChI=1S/C16H24N2O3/c1-12(13-6-3-2-4-7-13)21-9-5-8-17-16(20)15-10-14(19)11-18-15/h2-4,6-7,12,14-15,18-19H,5,8-11H2,1H3,(H,17,20)/t12-,14+,15-/m0/s1. The normalized spacial score (nSPS) is 23.0. The predicted octanol–water partition coefficient (Wildman–Crippen LogP) is 0.993. The highest BCUT2D eigenvalue weighted by Crippen LogP contribution is 2.15. The number of hydrogen-bond acceptors (Lipinski definition) is 4. The Balaban J connectivity index is 1.57. The van der Waals surface area contributed by atoms with Gasteiger partial charge in [-0.05, 0) is 25.3 Å². The number of carbonyl (C=O) groups is 1. The first kappa shape index (κ1) is 15.9. The van der Waals surface area contributed by atoms with E-state index in [4.69, 9.17) is 4.74 Å². The molecule has 1 aromatic carbocycles. The zero-order valence-electron chi connectivity index (χ0n) is 12.4. The van der Waals surface area contributed by atoms with Crippen molar-refractivity contribution >= 4 is 5.91 Å². The summed E-state index contributed by atoms with van der Waals surface area (Å²) in [5.74, 6) is -0.0392. The Morgan fingerprint density at radius 2 is 2.24 bits per heavy atom. The minimum atomic E-state index is -0.407. The van der Waals surface area contributed by atoms with Crippen molar-refractivity contribution in [2.45, 2.75) is 38.0 Å². The van der Waals surface area contributed by atoms with Crippen LogP contribution in [0.3, 0.4) is 0 Å². The first-order valence-corrected chi connectivity index (χ1v) is 7.52. The number of aliphatic hydroxyl groups is 1. The molecule has 5 heteroatoms. The van der Waals surface area contributed by atoms with Gasteiger partial charge in [-0.1, -0.05) is 30.3 Å². The van der Waals surface area contributed by atoms with E-state index in [0.717, 1.165) is 12.0 Å². The van der Waals surface area contributed by atoms with Crippen molar-refractivity contribution in [3.8, 4) is 0 Å². The van der Waals surface area contributed by atoms with Gasteiger partial charge in [0.25, 0.3) is 0 Å². The van der Waals surface area contributed by atoms with E-state index in [1.54, 1.807) is 0 Å². The predicted molar refractivity (Wildman–Crippen MR) is 80.9 cm³/mol. The van der Waals surface area contributed by atoms with Gasteiger partial charge in [-0.3, -0.25) is 4.79 Å². The Morgan fingerprint density at radius 1 is 1.48 bits per heavy atom. The highest BCUT2D eigenvalue weighted by Gasteiger charge is 2.27. The molecule has 0 spiro atoms. The van der Waals surface area contributed by atoms with Crippen LogP contribution < -0.4 is 10.6 Å². The Kier molecular flexibility index (Phi) is 6.17. The molecule has 1 aromatic rings. The summed E-state index contributed by atoms with van der Waals surface area (Å²) in [4.78, 5) is 11.8. The van der Waals surface area contributed by atoms with Crippen LogP contribution in [-0.2, 0) is 9.53 Å². The number of carbonyl (C=O) groups excluding carboxylic acids is 1. The van der Waals surface area contributed by atoms with Gasteiger partial charge in [0.15, 0.2) is 0 Å². The summed E-state index contributed by atoms with van der Waals surface area (Å²) < 4.78 is 5.75. The fraction of sp³-hybridized carbons (Fsp3) is 0.562. The zero-order valence-corrected chi connectivity index (χ0v) is 12.4. The van der Waals surface area contributed by atoms with Gasteiger partial charge in [0.05, 0.1) is 18.2 Å². The summed E-state index contributed by atoms with van der Waals surface area (Å²) in [5, 5.41) is 15.2. The van der Waals surface area contributed by atoms with Crippen LogP contribution in [0.5, 0.6) is 0 Å². The maximum absolute atomic E-state index is 11.8. The molecule has 0 radical (unpaired) electrons. The van der Waals surface area contributed by atoms with Gasteiger partial charge in [-0.25, -0.2) is 0 Å². The Morgan fingerprint density at radius 3 is 2.90 bits per heavy atom. The number of benzene rings is 1. The van der Waals surface area contributed by atoms with Gasteiger partial charge >= 0.3 is 0 Å². The van der Waals surface area contributed by atoms with E-state index in [-0.39, 0.29) is 18.1 Å². The lowest BCUT2D eigenvalue weighted by atomic mass is 10.1. The number of nitrogens with one attached hydrogen (secondary N) is 2. The van der Waals surface area contributed by atoms with Crippen LogP contribution in [0.15, 0.2) is 30.3 Å². The molecule has 0 bridgehead atoms. The minimum absolute atomic E-state index is 0.0392. The Hall–Kier alpha value is -1.43. The SMILES string of the molecule is C[C@H](OCCCNC(=O)[C@@H]1C[C@@H](O)CN1)c1ccccc1. The monoisotopic (exact) mass is 292 g/mol. The summed E-state index contributed by atoms with van der Waals surface area (Å²) >= 11 is 0. The van der Waals surface area contributed by atoms with Crippen molar-refractivity contribution in [3.05, 3.63) is 35.9 Å². The summed E-state index contributed by atoms with van der Waals surface area (Å²) in [6.07, 6.45) is 0.926. The fourth-order valence-electron chi connectivity index (χ4n) is 2.40. The third-order valence-corrected chi connectivity index (χ3v) is 3.68. The number of amides is 1. The van der Waals surface area contributed by atoms with Crippen LogP contribution in [0, 0.1) is 0 Å². The molecule has 5 nitrogen and oxygen atoms in total. The lowest BCUT2D eigenvalue weighted by Gasteiger charge is -2.14. The van der Waals surface area contributed by atoms with E-state index in [1.807, 2.05) is 37.3 Å². The minimum Gasteiger partial charge on any atom is -0.392 e. The summed E-state index contributed by atoms with van der Waals surface area (Å²) in [5.41, 5.74) is 1.16. The molecule has 3 atom stereocenters. The van der Waals surface area contributed by atoms with Gasteiger partial charge in [0, 0.05) is 19.7 Å². The molecule has 21 heavy (non-hydrogen) atoms. The molecular formula is C16H24N2O3. The average Bonchev–Trinajstić information content (AvgIpc) is 2.94. The lowest BCUT2D eigenvalue weighted by molar-refractivity contribution is -0.123. The summed E-state index contributed by atoms with van der Waals surface area (Å²) in [7, 11) is 0. The smallest absolute Gasteiger partial charge is 0.237 e. The van der Waals surface area contributed by atoms with Gasteiger partial charge in [0.2, 0.25) is 5.91 Å². The quantitative estimate of drug-likeness (QED) is 0.656. The van der Waals surface area contributed by atoms with Crippen molar-refractivity contribution in [2.24, 2.45) is 0 Å². The molecule has 1 heterocycles. The van der Waals surface area contributed by atoms with Crippen LogP contribution in [0.4, 0.5) is 0 Å². The number of hydrogen-bond donors (Lipinski definition) is 3. The molecule has 2 rings (SSSR count). The molecule has 1 amide bonds. The zero-order chi connectivity index (χ0) is 15.1. The molecule has 1 aliphatic heterocycles. The first-order valence-electron chi connectivity index (χ1n) is 7.52. The second kappa shape index (κ2) is 8.12. The number of rotatable bonds is 7. The van der Waals surface area contributed by atoms with Crippen LogP contribution in [0.1, 0.15) is 31.4 Å². The molecule has 1 saturated heterocycles. The van der Waals surface area contributed by atoms with Crippen molar-refractivity contribution < 1.29 is 14.6 Å². The molecule has 1 fully saturated rings. The van der Waals surface area contributed by atoms with Crippen molar-refractivity contribution in [1.29, 1.82) is 0 Å². The van der Waals surface area contributed by atoms with E-state index >= 15 is 0 Å².